The number of rotatable bonds is 4. The lowest BCUT2D eigenvalue weighted by Gasteiger charge is -2.37. The van der Waals surface area contributed by atoms with E-state index >= 15 is 0 Å². The minimum absolute atomic E-state index is 0.117. The fourth-order valence-electron chi connectivity index (χ4n) is 3.49. The number of fused-ring (bicyclic) bond motifs is 1. The fourth-order valence-corrected chi connectivity index (χ4v) is 3.69. The van der Waals surface area contributed by atoms with Crippen LogP contribution in [0.4, 0.5) is 10.5 Å². The number of halogens is 1. The number of benzene rings is 1. The summed E-state index contributed by atoms with van der Waals surface area (Å²) < 4.78 is 0. The number of amides is 3. The fraction of sp³-hybridized carbons (Fsp3) is 0.556. The molecule has 0 aliphatic carbocycles. The third-order valence-corrected chi connectivity index (χ3v) is 5.20. The third-order valence-electron chi connectivity index (χ3n) is 4.87. The van der Waals surface area contributed by atoms with E-state index in [1.165, 1.54) is 6.42 Å². The molecular weight excluding hydrogens is 340 g/mol. The van der Waals surface area contributed by atoms with Crippen LogP contribution in [0.5, 0.6) is 0 Å². The van der Waals surface area contributed by atoms with Crippen LogP contribution in [0.1, 0.15) is 36.5 Å². The Morgan fingerprint density at radius 2 is 2.12 bits per heavy atom. The molecule has 0 spiro atoms. The number of hydrogen-bond donors (Lipinski definition) is 2. The molecule has 1 atom stereocenters. The Bertz CT molecular complexity index is 652. The Hall–Kier alpha value is -1.79. The highest BCUT2D eigenvalue weighted by atomic mass is 35.5. The van der Waals surface area contributed by atoms with Crippen molar-refractivity contribution in [2.45, 2.75) is 32.2 Å². The molecule has 0 aromatic heterocycles. The zero-order chi connectivity index (χ0) is 17.8. The van der Waals surface area contributed by atoms with Crippen molar-refractivity contribution in [1.29, 1.82) is 0 Å². The van der Waals surface area contributed by atoms with Gasteiger partial charge in [0.15, 0.2) is 0 Å². The van der Waals surface area contributed by atoms with Crippen molar-refractivity contribution in [3.63, 3.8) is 0 Å². The molecule has 7 heteroatoms. The van der Waals surface area contributed by atoms with Crippen LogP contribution in [0.25, 0.3) is 0 Å². The molecule has 2 aliphatic rings. The van der Waals surface area contributed by atoms with Gasteiger partial charge in [0.1, 0.15) is 0 Å². The van der Waals surface area contributed by atoms with E-state index in [1.807, 2.05) is 11.8 Å². The number of nitrogens with zero attached hydrogens (tertiary/aromatic N) is 2. The highest BCUT2D eigenvalue weighted by molar-refractivity contribution is 6.34. The summed E-state index contributed by atoms with van der Waals surface area (Å²) in [6.45, 7) is 6.17. The predicted octanol–water partition coefficient (Wildman–Crippen LogP) is 2.79. The largest absolute Gasteiger partial charge is 0.352 e. The molecule has 3 rings (SSSR count). The number of hydrogen-bond acceptors (Lipinski definition) is 3. The Labute approximate surface area is 153 Å². The molecule has 25 heavy (non-hydrogen) atoms. The first-order valence-electron chi connectivity index (χ1n) is 8.96. The standard InChI is InChI=1S/C18H25ClN4O2/c1-2-7-20-17(24)15-11-13(5-6-16(15)19)21-18(25)23-10-9-22-8-3-4-14(22)12-23/h5-6,11,14H,2-4,7-10,12H2,1H3,(H,20,24)(H,21,25). The van der Waals surface area contributed by atoms with Gasteiger partial charge in [0.2, 0.25) is 0 Å². The van der Waals surface area contributed by atoms with Gasteiger partial charge in [-0.15, -0.1) is 0 Å². The predicted molar refractivity (Wildman–Crippen MR) is 99.3 cm³/mol. The summed E-state index contributed by atoms with van der Waals surface area (Å²) >= 11 is 6.13. The van der Waals surface area contributed by atoms with E-state index in [1.54, 1.807) is 18.2 Å². The first kappa shape index (κ1) is 18.0. The number of urea groups is 1. The molecule has 6 nitrogen and oxygen atoms in total. The maximum absolute atomic E-state index is 12.6. The first-order valence-corrected chi connectivity index (χ1v) is 9.34. The summed E-state index contributed by atoms with van der Waals surface area (Å²) in [6, 6.07) is 5.38. The van der Waals surface area contributed by atoms with Crippen LogP contribution in [-0.4, -0.2) is 60.5 Å². The summed E-state index contributed by atoms with van der Waals surface area (Å²) in [5.41, 5.74) is 0.971. The molecule has 0 bridgehead atoms. The smallest absolute Gasteiger partial charge is 0.321 e. The van der Waals surface area contributed by atoms with Gasteiger partial charge in [0.25, 0.3) is 5.91 Å². The summed E-state index contributed by atoms with van der Waals surface area (Å²) in [4.78, 5) is 29.0. The van der Waals surface area contributed by atoms with Crippen LogP contribution >= 0.6 is 11.6 Å². The zero-order valence-corrected chi connectivity index (χ0v) is 15.3. The van der Waals surface area contributed by atoms with E-state index in [0.717, 1.165) is 39.0 Å². The second-order valence-corrected chi connectivity index (χ2v) is 7.07. The monoisotopic (exact) mass is 364 g/mol. The van der Waals surface area contributed by atoms with Gasteiger partial charge in [-0.2, -0.15) is 0 Å². The highest BCUT2D eigenvalue weighted by Crippen LogP contribution is 2.23. The molecule has 0 saturated carbocycles. The van der Waals surface area contributed by atoms with E-state index in [9.17, 15) is 9.59 Å². The third kappa shape index (κ3) is 4.25. The average Bonchev–Trinajstić information content (AvgIpc) is 3.08. The van der Waals surface area contributed by atoms with Crippen LogP contribution in [0.3, 0.4) is 0 Å². The Morgan fingerprint density at radius 1 is 1.28 bits per heavy atom. The lowest BCUT2D eigenvalue weighted by Crippen LogP contribution is -2.53. The second kappa shape index (κ2) is 8.06. The molecule has 2 N–H and O–H groups in total. The Balaban J connectivity index is 1.64. The maximum atomic E-state index is 12.6. The van der Waals surface area contributed by atoms with Crippen molar-refractivity contribution in [1.82, 2.24) is 15.1 Å². The van der Waals surface area contributed by atoms with Crippen molar-refractivity contribution >= 4 is 29.2 Å². The van der Waals surface area contributed by atoms with Gasteiger partial charge < -0.3 is 15.5 Å². The molecular formula is C18H25ClN4O2. The molecule has 0 radical (unpaired) electrons. The van der Waals surface area contributed by atoms with Crippen molar-refractivity contribution in [3.05, 3.63) is 28.8 Å². The van der Waals surface area contributed by atoms with Gasteiger partial charge in [-0.05, 0) is 44.0 Å². The van der Waals surface area contributed by atoms with Crippen molar-refractivity contribution < 1.29 is 9.59 Å². The number of carbonyl (C=O) groups is 2. The van der Waals surface area contributed by atoms with Crippen LogP contribution < -0.4 is 10.6 Å². The molecule has 136 valence electrons. The normalized spacial score (nSPS) is 20.2. The van der Waals surface area contributed by atoms with Crippen LogP contribution in [0.2, 0.25) is 5.02 Å². The first-order chi connectivity index (χ1) is 12.1. The van der Waals surface area contributed by atoms with E-state index in [0.29, 0.717) is 28.9 Å². The lowest BCUT2D eigenvalue weighted by atomic mass is 10.1. The minimum Gasteiger partial charge on any atom is -0.352 e. The van der Waals surface area contributed by atoms with Crippen molar-refractivity contribution in [3.8, 4) is 0 Å². The lowest BCUT2D eigenvalue weighted by molar-refractivity contribution is 0.0953. The topological polar surface area (TPSA) is 64.7 Å². The summed E-state index contributed by atoms with van der Waals surface area (Å²) in [5.74, 6) is -0.220. The van der Waals surface area contributed by atoms with E-state index in [2.05, 4.69) is 15.5 Å². The van der Waals surface area contributed by atoms with Gasteiger partial charge >= 0.3 is 6.03 Å². The Morgan fingerprint density at radius 3 is 2.92 bits per heavy atom. The van der Waals surface area contributed by atoms with Crippen LogP contribution in [-0.2, 0) is 0 Å². The number of anilines is 1. The van der Waals surface area contributed by atoms with E-state index < -0.39 is 0 Å². The summed E-state index contributed by atoms with van der Waals surface area (Å²) in [6.07, 6.45) is 3.23. The quantitative estimate of drug-likeness (QED) is 0.863. The van der Waals surface area contributed by atoms with Crippen molar-refractivity contribution in [2.24, 2.45) is 0 Å². The summed E-state index contributed by atoms with van der Waals surface area (Å²) in [7, 11) is 0. The molecule has 1 aromatic rings. The number of piperazine rings is 1. The molecule has 1 aromatic carbocycles. The molecule has 3 amide bonds. The minimum atomic E-state index is -0.220. The van der Waals surface area contributed by atoms with Gasteiger partial charge in [-0.25, -0.2) is 4.79 Å². The Kier molecular flexibility index (Phi) is 5.81. The van der Waals surface area contributed by atoms with Gasteiger partial charge in [-0.3, -0.25) is 9.69 Å². The molecule has 2 heterocycles. The second-order valence-electron chi connectivity index (χ2n) is 6.66. The van der Waals surface area contributed by atoms with Crippen LogP contribution in [0, 0.1) is 0 Å². The number of nitrogens with one attached hydrogen (secondary N) is 2. The van der Waals surface area contributed by atoms with Gasteiger partial charge in [0.05, 0.1) is 10.6 Å². The average molecular weight is 365 g/mol. The van der Waals surface area contributed by atoms with Crippen LogP contribution in [0.15, 0.2) is 18.2 Å². The van der Waals surface area contributed by atoms with Gasteiger partial charge in [-0.1, -0.05) is 18.5 Å². The molecule has 2 fully saturated rings. The van der Waals surface area contributed by atoms with E-state index in [-0.39, 0.29) is 11.9 Å². The molecule has 1 unspecified atom stereocenters. The highest BCUT2D eigenvalue weighted by Gasteiger charge is 2.32. The molecule has 2 saturated heterocycles. The van der Waals surface area contributed by atoms with Crippen molar-refractivity contribution in [2.75, 3.05) is 38.0 Å². The van der Waals surface area contributed by atoms with E-state index in [4.69, 9.17) is 11.6 Å². The summed E-state index contributed by atoms with van der Waals surface area (Å²) in [5, 5.41) is 6.09. The number of carbonyl (C=O) groups excluding carboxylic acids is 2. The SMILES string of the molecule is CCCNC(=O)c1cc(NC(=O)N2CCN3CCCC3C2)ccc1Cl. The molecule has 2 aliphatic heterocycles. The maximum Gasteiger partial charge on any atom is 0.321 e. The zero-order valence-electron chi connectivity index (χ0n) is 14.6. The van der Waals surface area contributed by atoms with Gasteiger partial charge in [0, 0.05) is 37.9 Å².